The molecule has 0 bridgehead atoms. The van der Waals surface area contributed by atoms with Crippen LogP contribution in [0.5, 0.6) is 0 Å². The number of aromatic nitrogens is 2. The van der Waals surface area contributed by atoms with Crippen molar-refractivity contribution in [2.75, 3.05) is 18.0 Å². The molecule has 0 fully saturated rings. The van der Waals surface area contributed by atoms with Crippen LogP contribution in [0.3, 0.4) is 0 Å². The van der Waals surface area contributed by atoms with Gasteiger partial charge in [-0.05, 0) is 6.42 Å². The molecule has 0 aliphatic rings. The summed E-state index contributed by atoms with van der Waals surface area (Å²) in [6.07, 6.45) is 6.92. The van der Waals surface area contributed by atoms with E-state index in [1.54, 1.807) is 0 Å². The molecule has 1 aromatic rings. The Bertz CT molecular complexity index is 562. The van der Waals surface area contributed by atoms with E-state index in [2.05, 4.69) is 27.2 Å². The van der Waals surface area contributed by atoms with Crippen molar-refractivity contribution < 1.29 is 4.79 Å². The van der Waals surface area contributed by atoms with Crippen LogP contribution in [-0.2, 0) is 0 Å². The minimum absolute atomic E-state index is 0.0118. The van der Waals surface area contributed by atoms with E-state index in [1.165, 1.54) is 25.7 Å². The Labute approximate surface area is 140 Å². The molecule has 0 aliphatic carbocycles. The molecule has 0 saturated carbocycles. The fourth-order valence-electron chi connectivity index (χ4n) is 1.92. The summed E-state index contributed by atoms with van der Waals surface area (Å²) in [6.45, 7) is 2.74. The SMILES string of the molecule is CCCCCCCCN=C(N)NC(=O)c1nc(Cl)c(N)nc1N. The molecular weight excluding hydrogens is 318 g/mol. The highest BCUT2D eigenvalue weighted by atomic mass is 35.5. The van der Waals surface area contributed by atoms with Crippen molar-refractivity contribution in [3.8, 4) is 0 Å². The minimum Gasteiger partial charge on any atom is -0.382 e. The van der Waals surface area contributed by atoms with Gasteiger partial charge in [-0.1, -0.05) is 50.6 Å². The zero-order valence-corrected chi connectivity index (χ0v) is 14.1. The molecule has 0 saturated heterocycles. The number of unbranched alkanes of at least 4 members (excludes halogenated alkanes) is 5. The largest absolute Gasteiger partial charge is 0.382 e. The molecule has 7 N–H and O–H groups in total. The third-order valence-electron chi connectivity index (χ3n) is 3.16. The quantitative estimate of drug-likeness (QED) is 0.321. The van der Waals surface area contributed by atoms with E-state index in [0.717, 1.165) is 12.8 Å². The normalized spacial score (nSPS) is 11.5. The van der Waals surface area contributed by atoms with Crippen molar-refractivity contribution in [2.24, 2.45) is 10.7 Å². The van der Waals surface area contributed by atoms with Gasteiger partial charge in [-0.25, -0.2) is 9.97 Å². The highest BCUT2D eigenvalue weighted by Gasteiger charge is 2.16. The molecule has 1 amide bonds. The number of rotatable bonds is 8. The molecule has 9 heteroatoms. The molecular formula is C14H24ClN7O. The van der Waals surface area contributed by atoms with E-state index in [0.29, 0.717) is 6.54 Å². The Balaban J connectivity index is 2.44. The number of hydrogen-bond acceptors (Lipinski definition) is 6. The Morgan fingerprint density at radius 2 is 1.78 bits per heavy atom. The number of anilines is 2. The van der Waals surface area contributed by atoms with Crippen LogP contribution in [0.4, 0.5) is 11.6 Å². The average Bonchev–Trinajstić information content (AvgIpc) is 2.49. The number of halogens is 1. The summed E-state index contributed by atoms with van der Waals surface area (Å²) in [5.74, 6) is -0.766. The van der Waals surface area contributed by atoms with E-state index in [4.69, 9.17) is 28.8 Å². The van der Waals surface area contributed by atoms with Crippen LogP contribution in [-0.4, -0.2) is 28.4 Å². The molecule has 0 aromatic carbocycles. The Morgan fingerprint density at radius 1 is 1.13 bits per heavy atom. The first-order chi connectivity index (χ1) is 11.0. The lowest BCUT2D eigenvalue weighted by Crippen LogP contribution is -2.38. The monoisotopic (exact) mass is 341 g/mol. The minimum atomic E-state index is -0.624. The molecule has 0 radical (unpaired) electrons. The van der Waals surface area contributed by atoms with E-state index >= 15 is 0 Å². The average molecular weight is 342 g/mol. The summed E-state index contributed by atoms with van der Waals surface area (Å²) in [5.41, 5.74) is 16.6. The summed E-state index contributed by atoms with van der Waals surface area (Å²) in [7, 11) is 0. The highest BCUT2D eigenvalue weighted by Crippen LogP contribution is 2.17. The van der Waals surface area contributed by atoms with Gasteiger partial charge in [0.2, 0.25) is 0 Å². The summed E-state index contributed by atoms with van der Waals surface area (Å²) >= 11 is 5.73. The van der Waals surface area contributed by atoms with Gasteiger partial charge >= 0.3 is 0 Å². The summed E-state index contributed by atoms with van der Waals surface area (Å²) < 4.78 is 0. The fourth-order valence-corrected chi connectivity index (χ4v) is 2.04. The van der Waals surface area contributed by atoms with Gasteiger partial charge in [0.1, 0.15) is 0 Å². The molecule has 1 heterocycles. The van der Waals surface area contributed by atoms with Gasteiger partial charge in [0.05, 0.1) is 0 Å². The molecule has 0 atom stereocenters. The van der Waals surface area contributed by atoms with E-state index < -0.39 is 5.91 Å². The van der Waals surface area contributed by atoms with Crippen molar-refractivity contribution in [3.63, 3.8) is 0 Å². The molecule has 0 spiro atoms. The van der Waals surface area contributed by atoms with Gasteiger partial charge in [-0.15, -0.1) is 0 Å². The summed E-state index contributed by atoms with van der Waals surface area (Å²) in [4.78, 5) is 23.6. The predicted octanol–water partition coefficient (Wildman–Crippen LogP) is 1.70. The van der Waals surface area contributed by atoms with Crippen molar-refractivity contribution in [1.82, 2.24) is 15.3 Å². The van der Waals surface area contributed by atoms with E-state index in [1.807, 2.05) is 0 Å². The second-order valence-corrected chi connectivity index (χ2v) is 5.48. The maximum absolute atomic E-state index is 12.0. The summed E-state index contributed by atoms with van der Waals surface area (Å²) in [6, 6.07) is 0. The first kappa shape index (κ1) is 19.0. The van der Waals surface area contributed by atoms with Gasteiger partial charge in [-0.2, -0.15) is 0 Å². The van der Waals surface area contributed by atoms with Crippen molar-refractivity contribution >= 4 is 35.1 Å². The molecule has 128 valence electrons. The van der Waals surface area contributed by atoms with E-state index in [9.17, 15) is 4.79 Å². The molecule has 8 nitrogen and oxygen atoms in total. The van der Waals surface area contributed by atoms with Gasteiger partial charge in [0.15, 0.2) is 28.4 Å². The lowest BCUT2D eigenvalue weighted by atomic mass is 10.1. The number of nitrogen functional groups attached to an aromatic ring is 2. The molecule has 1 aromatic heterocycles. The Kier molecular flexibility index (Phi) is 8.10. The number of nitrogens with zero attached hydrogens (tertiary/aromatic N) is 3. The standard InChI is InChI=1S/C14H24ClN7O/c1-2-3-4-5-6-7-8-19-14(18)22-13(23)9-11(16)21-12(17)10(15)20-9/h2-8H2,1H3,(H4,16,17,21)(H3,18,19,22,23). The highest BCUT2D eigenvalue weighted by molar-refractivity contribution is 6.31. The number of amides is 1. The van der Waals surface area contributed by atoms with Crippen LogP contribution in [0.1, 0.15) is 55.9 Å². The van der Waals surface area contributed by atoms with Crippen molar-refractivity contribution in [3.05, 3.63) is 10.8 Å². The topological polar surface area (TPSA) is 145 Å². The van der Waals surface area contributed by atoms with Gasteiger partial charge in [0, 0.05) is 6.54 Å². The number of nitrogens with two attached hydrogens (primary N) is 3. The van der Waals surface area contributed by atoms with Gasteiger partial charge in [0.25, 0.3) is 5.91 Å². The maximum atomic E-state index is 12.0. The van der Waals surface area contributed by atoms with Crippen LogP contribution >= 0.6 is 11.6 Å². The summed E-state index contributed by atoms with van der Waals surface area (Å²) in [5, 5.41) is 2.31. The molecule has 1 rings (SSSR count). The number of aliphatic imine (C=N–C) groups is 1. The molecule has 23 heavy (non-hydrogen) atoms. The first-order valence-electron chi connectivity index (χ1n) is 7.65. The Morgan fingerprint density at radius 3 is 2.48 bits per heavy atom. The second kappa shape index (κ2) is 9.83. The zero-order chi connectivity index (χ0) is 17.2. The predicted molar refractivity (Wildman–Crippen MR) is 93.2 cm³/mol. The molecule has 0 aliphatic heterocycles. The number of nitrogens with one attached hydrogen (secondary N) is 1. The first-order valence-corrected chi connectivity index (χ1v) is 8.03. The van der Waals surface area contributed by atoms with Gasteiger partial charge in [-0.3, -0.25) is 15.1 Å². The third kappa shape index (κ3) is 6.68. The molecule has 0 unspecified atom stereocenters. The smallest absolute Gasteiger partial charge is 0.280 e. The lowest BCUT2D eigenvalue weighted by molar-refractivity contribution is 0.0972. The van der Waals surface area contributed by atoms with E-state index in [-0.39, 0.29) is 28.4 Å². The van der Waals surface area contributed by atoms with Gasteiger partial charge < -0.3 is 17.2 Å². The zero-order valence-electron chi connectivity index (χ0n) is 13.3. The van der Waals surface area contributed by atoms with Crippen LogP contribution in [0.2, 0.25) is 5.15 Å². The van der Waals surface area contributed by atoms with Crippen molar-refractivity contribution in [2.45, 2.75) is 45.4 Å². The number of carbonyl (C=O) groups excluding carboxylic acids is 1. The van der Waals surface area contributed by atoms with Crippen LogP contribution in [0.15, 0.2) is 4.99 Å². The van der Waals surface area contributed by atoms with Crippen LogP contribution in [0, 0.1) is 0 Å². The number of guanidine groups is 1. The lowest BCUT2D eigenvalue weighted by Gasteiger charge is -2.07. The second-order valence-electron chi connectivity index (χ2n) is 5.12. The fraction of sp³-hybridized carbons (Fsp3) is 0.571. The number of carbonyl (C=O) groups is 1. The Hall–Kier alpha value is -2.09. The number of hydrogen-bond donors (Lipinski definition) is 4. The maximum Gasteiger partial charge on any atom is 0.280 e. The third-order valence-corrected chi connectivity index (χ3v) is 3.43. The van der Waals surface area contributed by atoms with Crippen LogP contribution < -0.4 is 22.5 Å². The van der Waals surface area contributed by atoms with Crippen LogP contribution in [0.25, 0.3) is 0 Å². The van der Waals surface area contributed by atoms with Crippen molar-refractivity contribution in [1.29, 1.82) is 0 Å².